The van der Waals surface area contributed by atoms with E-state index in [-0.39, 0.29) is 17.3 Å². The number of hydrogen-bond donors (Lipinski definition) is 0. The van der Waals surface area contributed by atoms with Crippen LogP contribution in [0.15, 0.2) is 71.4 Å². The summed E-state index contributed by atoms with van der Waals surface area (Å²) in [6, 6.07) is 17.4. The van der Waals surface area contributed by atoms with Crippen molar-refractivity contribution in [2.75, 3.05) is 7.11 Å². The van der Waals surface area contributed by atoms with Crippen molar-refractivity contribution in [2.24, 2.45) is 4.99 Å². The highest BCUT2D eigenvalue weighted by Crippen LogP contribution is 2.31. The molecule has 0 amide bonds. The number of benzene rings is 3. The maximum atomic E-state index is 12.4. The van der Waals surface area contributed by atoms with Crippen LogP contribution >= 0.6 is 34.2 Å². The number of aryl methyl sites for hydroxylation is 1. The molecule has 0 saturated carbocycles. The number of ether oxygens (including phenoxy) is 3. The number of carbonyl (C=O) groups is 2. The van der Waals surface area contributed by atoms with Gasteiger partial charge in [-0.2, -0.15) is 0 Å². The second-order valence-electron chi connectivity index (χ2n) is 7.13. The Bertz CT molecular complexity index is 1310. The molecule has 1 aliphatic heterocycles. The summed E-state index contributed by atoms with van der Waals surface area (Å²) in [5.41, 5.74) is 2.75. The summed E-state index contributed by atoms with van der Waals surface area (Å²) in [6.45, 7) is 1.94. The predicted molar refractivity (Wildman–Crippen MR) is 134 cm³/mol. The van der Waals surface area contributed by atoms with Crippen LogP contribution < -0.4 is 9.47 Å². The molecule has 0 radical (unpaired) electrons. The van der Waals surface area contributed by atoms with Crippen molar-refractivity contribution in [3.05, 3.63) is 97.2 Å². The number of rotatable bonds is 5. The third-order valence-corrected chi connectivity index (χ3v) is 5.76. The summed E-state index contributed by atoms with van der Waals surface area (Å²) in [6.07, 6.45) is 1.56. The van der Waals surface area contributed by atoms with Crippen molar-refractivity contribution in [3.63, 3.8) is 0 Å². The first kappa shape index (κ1) is 23.0. The summed E-state index contributed by atoms with van der Waals surface area (Å²) in [7, 11) is 1.47. The normalized spacial score (nSPS) is 14.1. The Hall–Kier alpha value is -3.17. The summed E-state index contributed by atoms with van der Waals surface area (Å²) in [5.74, 6) is -0.350. The summed E-state index contributed by atoms with van der Waals surface area (Å²) in [4.78, 5) is 29.1. The molecular formula is C25H17ClINO5. The third-order valence-electron chi connectivity index (χ3n) is 4.76. The van der Waals surface area contributed by atoms with Gasteiger partial charge in [0.2, 0.25) is 5.90 Å². The van der Waals surface area contributed by atoms with Crippen molar-refractivity contribution < 1.29 is 23.8 Å². The first-order valence-corrected chi connectivity index (χ1v) is 11.2. The Labute approximate surface area is 209 Å². The summed E-state index contributed by atoms with van der Waals surface area (Å²) >= 11 is 8.37. The van der Waals surface area contributed by atoms with Gasteiger partial charge in [-0.3, -0.25) is 0 Å². The average molecular weight is 574 g/mol. The van der Waals surface area contributed by atoms with Gasteiger partial charge in [0.15, 0.2) is 17.2 Å². The molecule has 1 aliphatic rings. The predicted octanol–water partition coefficient (Wildman–Crippen LogP) is 5.83. The number of halogens is 2. The Morgan fingerprint density at radius 3 is 2.55 bits per heavy atom. The standard InChI is InChI=1S/C25H17ClINO5/c1-14-3-6-16(7-4-14)24(29)32-21-10-5-15(12-22(21)31-2)11-20-25(30)33-23(28-20)18-13-17(27)8-9-19(18)26/h3-13H,1-2H3/b20-11-. The first-order valence-electron chi connectivity index (χ1n) is 9.79. The van der Waals surface area contributed by atoms with Gasteiger partial charge in [0, 0.05) is 3.57 Å². The van der Waals surface area contributed by atoms with Crippen LogP contribution in [0.25, 0.3) is 6.08 Å². The molecule has 0 N–H and O–H groups in total. The Morgan fingerprint density at radius 1 is 1.06 bits per heavy atom. The van der Waals surface area contributed by atoms with E-state index in [0.717, 1.165) is 9.13 Å². The Morgan fingerprint density at radius 2 is 1.82 bits per heavy atom. The lowest BCUT2D eigenvalue weighted by Gasteiger charge is -2.10. The maximum absolute atomic E-state index is 12.4. The third kappa shape index (κ3) is 5.26. The van der Waals surface area contributed by atoms with Gasteiger partial charge in [0.25, 0.3) is 0 Å². The van der Waals surface area contributed by atoms with Crippen molar-refractivity contribution in [3.8, 4) is 11.5 Å². The van der Waals surface area contributed by atoms with Crippen LogP contribution in [-0.4, -0.2) is 24.9 Å². The SMILES string of the molecule is COc1cc(/C=C2\N=C(c3cc(I)ccc3Cl)OC2=O)ccc1OC(=O)c1ccc(C)cc1. The van der Waals surface area contributed by atoms with E-state index in [4.69, 9.17) is 25.8 Å². The van der Waals surface area contributed by atoms with Gasteiger partial charge in [0.1, 0.15) is 0 Å². The zero-order chi connectivity index (χ0) is 23.5. The highest BCUT2D eigenvalue weighted by molar-refractivity contribution is 14.1. The summed E-state index contributed by atoms with van der Waals surface area (Å²) < 4.78 is 17.1. The fourth-order valence-electron chi connectivity index (χ4n) is 3.05. The van der Waals surface area contributed by atoms with Gasteiger partial charge in [0.05, 0.1) is 23.3 Å². The van der Waals surface area contributed by atoms with Gasteiger partial charge < -0.3 is 14.2 Å². The number of nitrogens with zero attached hydrogens (tertiary/aromatic N) is 1. The molecule has 0 bridgehead atoms. The van der Waals surface area contributed by atoms with Gasteiger partial charge in [-0.15, -0.1) is 0 Å². The lowest BCUT2D eigenvalue weighted by Crippen LogP contribution is -2.09. The zero-order valence-corrected chi connectivity index (χ0v) is 20.5. The fourth-order valence-corrected chi connectivity index (χ4v) is 3.74. The van der Waals surface area contributed by atoms with Gasteiger partial charge in [-0.25, -0.2) is 14.6 Å². The largest absolute Gasteiger partial charge is 0.493 e. The molecule has 0 fully saturated rings. The number of esters is 2. The van der Waals surface area contributed by atoms with Crippen molar-refractivity contribution >= 4 is 58.1 Å². The number of cyclic esters (lactones) is 1. The molecule has 1 heterocycles. The average Bonchev–Trinajstić information content (AvgIpc) is 3.16. The van der Waals surface area contributed by atoms with E-state index in [0.29, 0.717) is 27.5 Å². The van der Waals surface area contributed by atoms with E-state index in [9.17, 15) is 9.59 Å². The van der Waals surface area contributed by atoms with Crippen LogP contribution in [-0.2, 0) is 9.53 Å². The van der Waals surface area contributed by atoms with E-state index in [1.54, 1.807) is 48.5 Å². The molecule has 0 saturated heterocycles. The van der Waals surface area contributed by atoms with E-state index in [2.05, 4.69) is 27.6 Å². The minimum absolute atomic E-state index is 0.117. The molecule has 0 aliphatic carbocycles. The second kappa shape index (κ2) is 9.76. The molecule has 0 unspecified atom stereocenters. The monoisotopic (exact) mass is 573 g/mol. The van der Waals surface area contributed by atoms with Crippen LogP contribution in [0.1, 0.15) is 27.0 Å². The van der Waals surface area contributed by atoms with Crippen molar-refractivity contribution in [1.82, 2.24) is 0 Å². The molecular weight excluding hydrogens is 557 g/mol. The van der Waals surface area contributed by atoms with Crippen LogP contribution in [0.4, 0.5) is 0 Å². The van der Waals surface area contributed by atoms with Crippen molar-refractivity contribution in [1.29, 1.82) is 0 Å². The second-order valence-corrected chi connectivity index (χ2v) is 8.78. The molecule has 6 nitrogen and oxygen atoms in total. The quantitative estimate of drug-likeness (QED) is 0.166. The zero-order valence-electron chi connectivity index (χ0n) is 17.6. The lowest BCUT2D eigenvalue weighted by molar-refractivity contribution is -0.129. The molecule has 4 rings (SSSR count). The lowest BCUT2D eigenvalue weighted by atomic mass is 10.1. The molecule has 33 heavy (non-hydrogen) atoms. The molecule has 3 aromatic rings. The summed E-state index contributed by atoms with van der Waals surface area (Å²) in [5, 5.41) is 0.435. The molecule has 0 spiro atoms. The van der Waals surface area contributed by atoms with E-state index >= 15 is 0 Å². The smallest absolute Gasteiger partial charge is 0.363 e. The highest BCUT2D eigenvalue weighted by Gasteiger charge is 2.26. The molecule has 0 atom stereocenters. The molecule has 8 heteroatoms. The van der Waals surface area contributed by atoms with Crippen LogP contribution in [0.2, 0.25) is 5.02 Å². The van der Waals surface area contributed by atoms with E-state index in [1.807, 2.05) is 25.1 Å². The minimum Gasteiger partial charge on any atom is -0.493 e. The van der Waals surface area contributed by atoms with E-state index < -0.39 is 11.9 Å². The number of aliphatic imine (C=N–C) groups is 1. The van der Waals surface area contributed by atoms with Crippen molar-refractivity contribution in [2.45, 2.75) is 6.92 Å². The topological polar surface area (TPSA) is 74.2 Å². The first-order chi connectivity index (χ1) is 15.8. The molecule has 0 aromatic heterocycles. The Kier molecular flexibility index (Phi) is 6.80. The van der Waals surface area contributed by atoms with Crippen LogP contribution in [0.5, 0.6) is 11.5 Å². The van der Waals surface area contributed by atoms with Crippen LogP contribution in [0, 0.1) is 10.5 Å². The number of hydrogen-bond acceptors (Lipinski definition) is 6. The Balaban J connectivity index is 1.59. The van der Waals surface area contributed by atoms with Gasteiger partial charge in [-0.1, -0.05) is 35.4 Å². The maximum Gasteiger partial charge on any atom is 0.363 e. The van der Waals surface area contributed by atoms with E-state index in [1.165, 1.54) is 7.11 Å². The van der Waals surface area contributed by atoms with Gasteiger partial charge in [-0.05, 0) is 83.6 Å². The number of carbonyl (C=O) groups excluding carboxylic acids is 2. The highest BCUT2D eigenvalue weighted by atomic mass is 127. The number of methoxy groups -OCH3 is 1. The molecule has 166 valence electrons. The minimum atomic E-state index is -0.589. The fraction of sp³-hybridized carbons (Fsp3) is 0.0800. The molecule has 3 aromatic carbocycles. The van der Waals surface area contributed by atoms with Gasteiger partial charge >= 0.3 is 11.9 Å². The van der Waals surface area contributed by atoms with Crippen LogP contribution in [0.3, 0.4) is 0 Å².